The van der Waals surface area contributed by atoms with Crippen LogP contribution in [-0.4, -0.2) is 26.1 Å². The first kappa shape index (κ1) is 15.4. The molecule has 1 aromatic heterocycles. The molecule has 0 radical (unpaired) electrons. The highest BCUT2D eigenvalue weighted by Gasteiger charge is 2.22. The smallest absolute Gasteiger partial charge is 0.357 e. The molecule has 2 aromatic rings. The van der Waals surface area contributed by atoms with Gasteiger partial charge in [0.1, 0.15) is 5.82 Å². The number of halogens is 1. The molecule has 1 heterocycles. The van der Waals surface area contributed by atoms with Crippen molar-refractivity contribution in [2.24, 2.45) is 0 Å². The number of carbonyl (C=O) groups is 1. The Hall–Kier alpha value is -2.01. The van der Waals surface area contributed by atoms with Crippen LogP contribution in [-0.2, 0) is 4.74 Å². The standard InChI is InChI=1S/C16H18FNO2Si/c1-20-16(19)15-12(6-5-9-18-15)11-7-8-14(13(17)10-11)21(2,3)4/h5-10H,1-4H3. The normalized spacial score (nSPS) is 11.3. The molecule has 2 rings (SSSR count). The predicted octanol–water partition coefficient (Wildman–Crippen LogP) is 3.22. The lowest BCUT2D eigenvalue weighted by atomic mass is 10.0. The van der Waals surface area contributed by atoms with Gasteiger partial charge in [-0.1, -0.05) is 37.8 Å². The molecule has 0 amide bonds. The molecule has 110 valence electrons. The minimum Gasteiger partial charge on any atom is -0.464 e. The van der Waals surface area contributed by atoms with Gasteiger partial charge >= 0.3 is 5.97 Å². The maximum Gasteiger partial charge on any atom is 0.357 e. The molecule has 0 aliphatic carbocycles. The van der Waals surface area contributed by atoms with Crippen LogP contribution in [0.4, 0.5) is 4.39 Å². The summed E-state index contributed by atoms with van der Waals surface area (Å²) in [5.74, 6) is -0.758. The SMILES string of the molecule is COC(=O)c1ncccc1-c1ccc([Si](C)(C)C)c(F)c1. The van der Waals surface area contributed by atoms with Gasteiger partial charge in [-0.3, -0.25) is 0 Å². The number of hydrogen-bond donors (Lipinski definition) is 0. The Balaban J connectivity index is 2.54. The van der Waals surface area contributed by atoms with Crippen LogP contribution in [0, 0.1) is 5.82 Å². The predicted molar refractivity (Wildman–Crippen MR) is 84.0 cm³/mol. The Morgan fingerprint density at radius 2 is 1.95 bits per heavy atom. The molecule has 0 aliphatic rings. The summed E-state index contributed by atoms with van der Waals surface area (Å²) in [5.41, 5.74) is 1.40. The molecule has 5 heteroatoms. The Bertz CT molecular complexity index is 680. The van der Waals surface area contributed by atoms with E-state index >= 15 is 0 Å². The van der Waals surface area contributed by atoms with E-state index in [0.29, 0.717) is 11.1 Å². The molecular weight excluding hydrogens is 285 g/mol. The van der Waals surface area contributed by atoms with Crippen LogP contribution in [0.25, 0.3) is 11.1 Å². The first-order valence-corrected chi connectivity index (χ1v) is 10.2. The van der Waals surface area contributed by atoms with Crippen molar-refractivity contribution < 1.29 is 13.9 Å². The minimum atomic E-state index is -1.73. The van der Waals surface area contributed by atoms with Crippen LogP contribution in [0.15, 0.2) is 36.5 Å². The van der Waals surface area contributed by atoms with E-state index in [9.17, 15) is 9.18 Å². The monoisotopic (exact) mass is 303 g/mol. The van der Waals surface area contributed by atoms with E-state index in [1.807, 2.05) is 12.1 Å². The van der Waals surface area contributed by atoms with Gasteiger partial charge in [-0.25, -0.2) is 14.2 Å². The van der Waals surface area contributed by atoms with Gasteiger partial charge < -0.3 is 4.74 Å². The van der Waals surface area contributed by atoms with Crippen LogP contribution in [0.1, 0.15) is 10.5 Å². The number of aromatic nitrogens is 1. The van der Waals surface area contributed by atoms with Crippen molar-refractivity contribution in [2.75, 3.05) is 7.11 Å². The molecule has 21 heavy (non-hydrogen) atoms. The van der Waals surface area contributed by atoms with Crippen molar-refractivity contribution in [3.63, 3.8) is 0 Å². The lowest BCUT2D eigenvalue weighted by molar-refractivity contribution is 0.0595. The van der Waals surface area contributed by atoms with Gasteiger partial charge in [0, 0.05) is 11.8 Å². The molecule has 0 unspecified atom stereocenters. The van der Waals surface area contributed by atoms with Crippen LogP contribution in [0.2, 0.25) is 19.6 Å². The van der Waals surface area contributed by atoms with Crippen molar-refractivity contribution in [1.29, 1.82) is 0 Å². The lowest BCUT2D eigenvalue weighted by Crippen LogP contribution is -2.39. The van der Waals surface area contributed by atoms with E-state index < -0.39 is 14.0 Å². The first-order valence-electron chi connectivity index (χ1n) is 6.68. The topological polar surface area (TPSA) is 39.2 Å². The number of benzene rings is 1. The van der Waals surface area contributed by atoms with E-state index in [-0.39, 0.29) is 11.5 Å². The van der Waals surface area contributed by atoms with Crippen LogP contribution in [0.5, 0.6) is 0 Å². The number of esters is 1. The highest BCUT2D eigenvalue weighted by Crippen LogP contribution is 2.23. The highest BCUT2D eigenvalue weighted by atomic mass is 28.3. The summed E-state index contributed by atoms with van der Waals surface area (Å²) < 4.78 is 19.1. The van der Waals surface area contributed by atoms with Crippen molar-refractivity contribution in [2.45, 2.75) is 19.6 Å². The van der Waals surface area contributed by atoms with Gasteiger partial charge in [-0.15, -0.1) is 0 Å². The summed E-state index contributed by atoms with van der Waals surface area (Å²) in [6.45, 7) is 6.28. The molecule has 3 nitrogen and oxygen atoms in total. The van der Waals surface area contributed by atoms with E-state index in [1.54, 1.807) is 12.1 Å². The second-order valence-electron chi connectivity index (χ2n) is 5.84. The third kappa shape index (κ3) is 3.19. The number of carbonyl (C=O) groups excluding carboxylic acids is 1. The molecule has 1 aromatic carbocycles. The van der Waals surface area contributed by atoms with E-state index in [2.05, 4.69) is 24.6 Å². The fourth-order valence-corrected chi connectivity index (χ4v) is 3.56. The summed E-state index contributed by atoms with van der Waals surface area (Å²) in [6, 6.07) is 8.57. The van der Waals surface area contributed by atoms with Crippen molar-refractivity contribution >= 4 is 19.2 Å². The van der Waals surface area contributed by atoms with Gasteiger partial charge in [-0.2, -0.15) is 0 Å². The Morgan fingerprint density at radius 3 is 2.52 bits per heavy atom. The van der Waals surface area contributed by atoms with E-state index in [1.165, 1.54) is 19.4 Å². The summed E-state index contributed by atoms with van der Waals surface area (Å²) in [7, 11) is -0.425. The highest BCUT2D eigenvalue weighted by molar-refractivity contribution is 6.88. The maximum atomic E-state index is 14.3. The van der Waals surface area contributed by atoms with Crippen molar-refractivity contribution in [3.8, 4) is 11.1 Å². The quantitative estimate of drug-likeness (QED) is 0.645. The Kier molecular flexibility index (Phi) is 4.23. The molecule has 0 saturated carbocycles. The van der Waals surface area contributed by atoms with Gasteiger partial charge in [0.05, 0.1) is 15.2 Å². The van der Waals surface area contributed by atoms with E-state index in [0.717, 1.165) is 5.19 Å². The van der Waals surface area contributed by atoms with Crippen molar-refractivity contribution in [3.05, 3.63) is 48.0 Å². The second-order valence-corrected chi connectivity index (χ2v) is 10.9. The number of ether oxygens (including phenoxy) is 1. The summed E-state index contributed by atoms with van der Waals surface area (Å²) in [6.07, 6.45) is 1.52. The summed E-state index contributed by atoms with van der Waals surface area (Å²) in [4.78, 5) is 15.8. The maximum absolute atomic E-state index is 14.3. The Labute approximate surface area is 124 Å². The molecule has 0 saturated heterocycles. The third-order valence-corrected chi connectivity index (χ3v) is 5.30. The zero-order chi connectivity index (χ0) is 15.6. The van der Waals surface area contributed by atoms with Crippen molar-refractivity contribution in [1.82, 2.24) is 4.98 Å². The summed E-state index contributed by atoms with van der Waals surface area (Å²) in [5, 5.41) is 0.773. The van der Waals surface area contributed by atoms with Gasteiger partial charge in [0.25, 0.3) is 0 Å². The van der Waals surface area contributed by atoms with Gasteiger partial charge in [0.15, 0.2) is 5.69 Å². The lowest BCUT2D eigenvalue weighted by Gasteiger charge is -2.18. The zero-order valence-electron chi connectivity index (χ0n) is 12.6. The minimum absolute atomic E-state index is 0.195. The Morgan fingerprint density at radius 1 is 1.24 bits per heavy atom. The molecule has 0 bridgehead atoms. The zero-order valence-corrected chi connectivity index (χ0v) is 13.6. The first-order chi connectivity index (χ1) is 9.84. The molecule has 0 atom stereocenters. The number of hydrogen-bond acceptors (Lipinski definition) is 3. The number of pyridine rings is 1. The fourth-order valence-electron chi connectivity index (χ4n) is 2.19. The molecule has 0 spiro atoms. The van der Waals surface area contributed by atoms with Gasteiger partial charge in [-0.05, 0) is 22.9 Å². The van der Waals surface area contributed by atoms with Gasteiger partial charge in [0.2, 0.25) is 0 Å². The average molecular weight is 303 g/mol. The number of methoxy groups -OCH3 is 1. The second kappa shape index (κ2) is 5.77. The van der Waals surface area contributed by atoms with E-state index in [4.69, 9.17) is 4.74 Å². The molecule has 0 N–H and O–H groups in total. The molecule has 0 fully saturated rings. The average Bonchev–Trinajstić information content (AvgIpc) is 2.45. The number of nitrogens with zero attached hydrogens (tertiary/aromatic N) is 1. The number of rotatable bonds is 3. The largest absolute Gasteiger partial charge is 0.464 e. The third-order valence-electron chi connectivity index (χ3n) is 3.27. The summed E-state index contributed by atoms with van der Waals surface area (Å²) >= 11 is 0. The fraction of sp³-hybridized carbons (Fsp3) is 0.250. The van der Waals surface area contributed by atoms with Crippen LogP contribution >= 0.6 is 0 Å². The van der Waals surface area contributed by atoms with Crippen LogP contribution in [0.3, 0.4) is 0 Å². The molecule has 0 aliphatic heterocycles. The van der Waals surface area contributed by atoms with Crippen LogP contribution < -0.4 is 5.19 Å². The molecular formula is C16H18FNO2Si.